The maximum absolute atomic E-state index is 10.9. The molecule has 1 aromatic carbocycles. The topological polar surface area (TPSA) is 98.3 Å². The Balaban J connectivity index is 3.12. The molecule has 7 nitrogen and oxygen atoms in total. The van der Waals surface area contributed by atoms with Gasteiger partial charge in [0.1, 0.15) is 5.69 Å². The van der Waals surface area contributed by atoms with Crippen molar-refractivity contribution >= 4 is 17.1 Å². The highest BCUT2D eigenvalue weighted by Crippen LogP contribution is 2.29. The van der Waals surface area contributed by atoms with E-state index in [1.165, 1.54) is 12.1 Å². The molecule has 0 fully saturated rings. The van der Waals surface area contributed by atoms with Crippen molar-refractivity contribution in [3.05, 3.63) is 38.4 Å². The number of nitrogens with one attached hydrogen (secondary N) is 1. The number of non-ortho nitro benzene ring substituents is 1. The molecule has 1 atom stereocenters. The fourth-order valence-electron chi connectivity index (χ4n) is 1.32. The van der Waals surface area contributed by atoms with E-state index < -0.39 is 9.85 Å². The minimum absolute atomic E-state index is 0.0326. The summed E-state index contributed by atoms with van der Waals surface area (Å²) in [6, 6.07) is 3.62. The highest BCUT2D eigenvalue weighted by atomic mass is 16.6. The molecule has 0 aliphatic carbocycles. The van der Waals surface area contributed by atoms with Crippen molar-refractivity contribution in [1.82, 2.24) is 0 Å². The van der Waals surface area contributed by atoms with Gasteiger partial charge in [-0.25, -0.2) is 0 Å². The van der Waals surface area contributed by atoms with Gasteiger partial charge in [0.25, 0.3) is 11.4 Å². The molecule has 0 heterocycles. The summed E-state index contributed by atoms with van der Waals surface area (Å²) in [5, 5.41) is 24.5. The summed E-state index contributed by atoms with van der Waals surface area (Å²) in [5.74, 6) is 0.291. The van der Waals surface area contributed by atoms with Crippen molar-refractivity contribution in [3.63, 3.8) is 0 Å². The predicted octanol–water partition coefficient (Wildman–Crippen LogP) is 2.96. The van der Waals surface area contributed by atoms with Crippen LogP contribution in [0.2, 0.25) is 0 Å². The van der Waals surface area contributed by atoms with Gasteiger partial charge in [0.15, 0.2) is 0 Å². The fourth-order valence-corrected chi connectivity index (χ4v) is 1.32. The van der Waals surface area contributed by atoms with Gasteiger partial charge < -0.3 is 5.32 Å². The number of benzene rings is 1. The summed E-state index contributed by atoms with van der Waals surface area (Å²) in [5.41, 5.74) is -0.270. The predicted molar refractivity (Wildman–Crippen MR) is 67.7 cm³/mol. The maximum atomic E-state index is 10.9. The lowest BCUT2D eigenvalue weighted by Gasteiger charge is -2.18. The molecule has 0 aliphatic heterocycles. The van der Waals surface area contributed by atoms with E-state index in [0.29, 0.717) is 11.6 Å². The van der Waals surface area contributed by atoms with E-state index in [2.05, 4.69) is 5.32 Å². The Hall–Kier alpha value is -2.18. The van der Waals surface area contributed by atoms with E-state index in [0.717, 1.165) is 6.07 Å². The van der Waals surface area contributed by atoms with Crippen molar-refractivity contribution in [1.29, 1.82) is 0 Å². The quantitative estimate of drug-likeness (QED) is 0.642. The van der Waals surface area contributed by atoms with Gasteiger partial charge in [-0.15, -0.1) is 0 Å². The third-order valence-corrected chi connectivity index (χ3v) is 2.77. The molecule has 0 bridgehead atoms. The molecule has 1 rings (SSSR count). The van der Waals surface area contributed by atoms with Crippen molar-refractivity contribution in [2.45, 2.75) is 26.8 Å². The van der Waals surface area contributed by atoms with Gasteiger partial charge in [-0.2, -0.15) is 0 Å². The number of nitrogens with zero attached hydrogens (tertiary/aromatic N) is 2. The number of nitro benzene ring substituents is 2. The lowest BCUT2D eigenvalue weighted by molar-refractivity contribution is -0.393. The molecule has 7 heteroatoms. The van der Waals surface area contributed by atoms with Gasteiger partial charge in [-0.1, -0.05) is 13.8 Å². The van der Waals surface area contributed by atoms with Crippen molar-refractivity contribution < 1.29 is 9.85 Å². The van der Waals surface area contributed by atoms with Gasteiger partial charge in [-0.3, -0.25) is 20.2 Å². The Morgan fingerprint density at radius 3 is 2.17 bits per heavy atom. The average Bonchev–Trinajstić information content (AvgIpc) is 2.28. The van der Waals surface area contributed by atoms with Crippen LogP contribution >= 0.6 is 0 Å². The number of hydrogen-bond donors (Lipinski definition) is 1. The van der Waals surface area contributed by atoms with Crippen LogP contribution in [0, 0.1) is 26.1 Å². The molecule has 0 spiro atoms. The first-order valence-corrected chi connectivity index (χ1v) is 5.52. The highest BCUT2D eigenvalue weighted by Gasteiger charge is 2.20. The summed E-state index contributed by atoms with van der Waals surface area (Å²) in [6.45, 7) is 5.86. The van der Waals surface area contributed by atoms with Crippen molar-refractivity contribution in [3.8, 4) is 0 Å². The van der Waals surface area contributed by atoms with Gasteiger partial charge in [0, 0.05) is 12.1 Å². The second kappa shape index (κ2) is 5.44. The first-order chi connectivity index (χ1) is 8.32. The standard InChI is InChI=1S/C11H15N3O4/c1-7(2)8(3)12-10-5-4-9(13(15)16)6-11(10)14(17)18/h4-8,12H,1-3H3/t8-/m1/s1. The Morgan fingerprint density at radius 2 is 1.72 bits per heavy atom. The number of rotatable bonds is 5. The second-order valence-electron chi connectivity index (χ2n) is 4.39. The van der Waals surface area contributed by atoms with E-state index in [1.807, 2.05) is 20.8 Å². The summed E-state index contributed by atoms with van der Waals surface area (Å²) in [4.78, 5) is 20.2. The second-order valence-corrected chi connectivity index (χ2v) is 4.39. The van der Waals surface area contributed by atoms with Crippen LogP contribution in [0.4, 0.5) is 17.1 Å². The SMILES string of the molecule is CC(C)[C@@H](C)Nc1ccc([N+](=O)[O-])cc1[N+](=O)[O-]. The Morgan fingerprint density at radius 1 is 1.11 bits per heavy atom. The van der Waals surface area contributed by atoms with E-state index >= 15 is 0 Å². The highest BCUT2D eigenvalue weighted by molar-refractivity contribution is 5.65. The fraction of sp³-hybridized carbons (Fsp3) is 0.455. The molecule has 0 aliphatic rings. The smallest absolute Gasteiger partial charge is 0.299 e. The molecule has 98 valence electrons. The molecule has 18 heavy (non-hydrogen) atoms. The molecule has 0 aromatic heterocycles. The molecular formula is C11H15N3O4. The zero-order valence-electron chi connectivity index (χ0n) is 10.4. The van der Waals surface area contributed by atoms with Gasteiger partial charge in [0.05, 0.1) is 15.9 Å². The van der Waals surface area contributed by atoms with Crippen molar-refractivity contribution in [2.24, 2.45) is 5.92 Å². The first kappa shape index (κ1) is 13.9. The van der Waals surface area contributed by atoms with Gasteiger partial charge >= 0.3 is 0 Å². The van der Waals surface area contributed by atoms with Gasteiger partial charge in [0.2, 0.25) is 0 Å². The van der Waals surface area contributed by atoms with Crippen LogP contribution in [0.1, 0.15) is 20.8 Å². The molecule has 0 unspecified atom stereocenters. The first-order valence-electron chi connectivity index (χ1n) is 5.52. The third-order valence-electron chi connectivity index (χ3n) is 2.77. The van der Waals surface area contributed by atoms with Crippen LogP contribution in [-0.4, -0.2) is 15.9 Å². The van der Waals surface area contributed by atoms with E-state index in [4.69, 9.17) is 0 Å². The zero-order valence-corrected chi connectivity index (χ0v) is 10.4. The van der Waals surface area contributed by atoms with E-state index in [1.54, 1.807) is 0 Å². The van der Waals surface area contributed by atoms with Gasteiger partial charge in [-0.05, 0) is 18.9 Å². The van der Waals surface area contributed by atoms with Crippen LogP contribution in [0.5, 0.6) is 0 Å². The van der Waals surface area contributed by atoms with Crippen LogP contribution in [-0.2, 0) is 0 Å². The number of anilines is 1. The lowest BCUT2D eigenvalue weighted by atomic mass is 10.1. The largest absolute Gasteiger partial charge is 0.377 e. The summed E-state index contributed by atoms with van der Waals surface area (Å²) >= 11 is 0. The van der Waals surface area contributed by atoms with Crippen LogP contribution in [0.25, 0.3) is 0 Å². The summed E-state index contributed by atoms with van der Waals surface area (Å²) in [7, 11) is 0. The molecule has 0 saturated carbocycles. The summed E-state index contributed by atoms with van der Waals surface area (Å²) < 4.78 is 0. The van der Waals surface area contributed by atoms with Crippen LogP contribution in [0.3, 0.4) is 0 Å². The maximum Gasteiger partial charge on any atom is 0.299 e. The van der Waals surface area contributed by atoms with Crippen LogP contribution in [0.15, 0.2) is 18.2 Å². The monoisotopic (exact) mass is 253 g/mol. The third kappa shape index (κ3) is 3.16. The Kier molecular flexibility index (Phi) is 4.19. The molecular weight excluding hydrogens is 238 g/mol. The minimum Gasteiger partial charge on any atom is -0.377 e. The summed E-state index contributed by atoms with van der Waals surface area (Å²) in [6.07, 6.45) is 0. The molecule has 0 amide bonds. The Labute approximate surface area is 104 Å². The molecule has 1 aromatic rings. The van der Waals surface area contributed by atoms with Crippen LogP contribution < -0.4 is 5.32 Å². The molecule has 0 saturated heterocycles. The molecule has 1 N–H and O–H groups in total. The normalized spacial score (nSPS) is 12.2. The number of hydrogen-bond acceptors (Lipinski definition) is 5. The van der Waals surface area contributed by atoms with E-state index in [9.17, 15) is 20.2 Å². The zero-order chi connectivity index (χ0) is 13.9. The number of nitro groups is 2. The minimum atomic E-state index is -0.650. The van der Waals surface area contributed by atoms with Crippen molar-refractivity contribution in [2.75, 3.05) is 5.32 Å². The van der Waals surface area contributed by atoms with E-state index in [-0.39, 0.29) is 17.4 Å². The molecule has 0 radical (unpaired) electrons. The lowest BCUT2D eigenvalue weighted by Crippen LogP contribution is -2.22. The Bertz CT molecular complexity index is 473. The average molecular weight is 253 g/mol.